The minimum atomic E-state index is 0.249. The summed E-state index contributed by atoms with van der Waals surface area (Å²) in [5, 5.41) is 0.629. The Balaban J connectivity index is 2.01. The van der Waals surface area contributed by atoms with Gasteiger partial charge >= 0.3 is 0 Å². The second kappa shape index (κ2) is 3.01. The molecule has 2 atom stereocenters. The Morgan fingerprint density at radius 2 is 2.00 bits per heavy atom. The molecule has 1 heterocycles. The summed E-state index contributed by atoms with van der Waals surface area (Å²) in [6, 6.07) is 10.7. The number of allylic oxidation sites excluding steroid dienone is 2. The van der Waals surface area contributed by atoms with Crippen molar-refractivity contribution in [1.82, 2.24) is 0 Å². The summed E-state index contributed by atoms with van der Waals surface area (Å²) < 4.78 is 1.46. The maximum Gasteiger partial charge on any atom is 0.0752 e. The fraction of sp³-hybridized carbons (Fsp3) is 0.167. The van der Waals surface area contributed by atoms with Crippen LogP contribution in [0.25, 0.3) is 0 Å². The smallest absolute Gasteiger partial charge is 0.0752 e. The van der Waals surface area contributed by atoms with Gasteiger partial charge in [0.25, 0.3) is 0 Å². The predicted molar refractivity (Wildman–Crippen MR) is 65.6 cm³/mol. The molecule has 1 aromatic rings. The highest BCUT2D eigenvalue weighted by molar-refractivity contribution is 9.11. The third-order valence-corrected chi connectivity index (χ3v) is 4.77. The zero-order valence-corrected chi connectivity index (χ0v) is 9.88. The SMILES string of the molecule is BrC1=CC2SC2(c2ccccc2)C=C1. The molecule has 1 aromatic carbocycles. The molecular weight excluding hydrogens is 256 g/mol. The number of halogens is 1. The van der Waals surface area contributed by atoms with E-state index < -0.39 is 0 Å². The Morgan fingerprint density at radius 3 is 2.71 bits per heavy atom. The van der Waals surface area contributed by atoms with E-state index in [-0.39, 0.29) is 4.75 Å². The molecule has 3 rings (SSSR count). The van der Waals surface area contributed by atoms with Gasteiger partial charge in [-0.05, 0) is 5.56 Å². The summed E-state index contributed by atoms with van der Waals surface area (Å²) >= 11 is 5.52. The average molecular weight is 265 g/mol. The molecule has 70 valence electrons. The fourth-order valence-corrected chi connectivity index (χ4v) is 3.74. The van der Waals surface area contributed by atoms with Gasteiger partial charge in [-0.2, -0.15) is 0 Å². The van der Waals surface area contributed by atoms with Crippen LogP contribution in [0.4, 0.5) is 0 Å². The topological polar surface area (TPSA) is 0 Å². The third kappa shape index (κ3) is 1.21. The van der Waals surface area contributed by atoms with Crippen LogP contribution < -0.4 is 0 Å². The standard InChI is InChI=1S/C12H9BrS/c13-10-6-7-12(11(8-10)14-12)9-4-2-1-3-5-9/h1-8,11H. The minimum absolute atomic E-state index is 0.249. The van der Waals surface area contributed by atoms with Crippen molar-refractivity contribution in [3.8, 4) is 0 Å². The van der Waals surface area contributed by atoms with Gasteiger partial charge in [0.05, 0.1) is 4.75 Å². The fourth-order valence-electron chi connectivity index (χ4n) is 1.90. The summed E-state index contributed by atoms with van der Waals surface area (Å²) in [6.45, 7) is 0. The summed E-state index contributed by atoms with van der Waals surface area (Å²) in [5.74, 6) is 0. The number of hydrogen-bond acceptors (Lipinski definition) is 1. The van der Waals surface area contributed by atoms with Crippen LogP contribution in [-0.2, 0) is 4.75 Å². The van der Waals surface area contributed by atoms with Crippen LogP contribution in [0, 0.1) is 0 Å². The summed E-state index contributed by atoms with van der Waals surface area (Å²) in [7, 11) is 0. The first-order chi connectivity index (χ1) is 6.81. The number of rotatable bonds is 1. The van der Waals surface area contributed by atoms with Crippen LogP contribution in [0.15, 0.2) is 53.0 Å². The van der Waals surface area contributed by atoms with Crippen molar-refractivity contribution in [2.24, 2.45) is 0 Å². The molecule has 0 aromatic heterocycles. The van der Waals surface area contributed by atoms with Gasteiger partial charge in [0.1, 0.15) is 0 Å². The third-order valence-electron chi connectivity index (χ3n) is 2.71. The van der Waals surface area contributed by atoms with Crippen molar-refractivity contribution >= 4 is 27.7 Å². The van der Waals surface area contributed by atoms with E-state index in [1.807, 2.05) is 11.8 Å². The zero-order chi connectivity index (χ0) is 9.60. The first-order valence-corrected chi connectivity index (χ1v) is 6.28. The average Bonchev–Trinajstić information content (AvgIpc) is 2.94. The highest BCUT2D eigenvalue weighted by Crippen LogP contribution is 2.64. The van der Waals surface area contributed by atoms with E-state index in [1.54, 1.807) is 0 Å². The van der Waals surface area contributed by atoms with Gasteiger partial charge in [0.2, 0.25) is 0 Å². The van der Waals surface area contributed by atoms with Gasteiger partial charge < -0.3 is 0 Å². The lowest BCUT2D eigenvalue weighted by Gasteiger charge is -2.12. The quantitative estimate of drug-likeness (QED) is 0.695. The molecule has 0 nitrogen and oxygen atoms in total. The number of fused-ring (bicyclic) bond motifs is 1. The Hall–Kier alpha value is -0.470. The lowest BCUT2D eigenvalue weighted by molar-refractivity contribution is 0.903. The molecule has 1 aliphatic heterocycles. The second-order valence-corrected chi connectivity index (χ2v) is 5.92. The summed E-state index contributed by atoms with van der Waals surface area (Å²) in [6.07, 6.45) is 6.75. The molecule has 1 aliphatic carbocycles. The van der Waals surface area contributed by atoms with Crippen molar-refractivity contribution < 1.29 is 0 Å². The summed E-state index contributed by atoms with van der Waals surface area (Å²) in [4.78, 5) is 0. The molecule has 2 unspecified atom stereocenters. The highest BCUT2D eigenvalue weighted by atomic mass is 79.9. The van der Waals surface area contributed by atoms with Gasteiger partial charge in [-0.25, -0.2) is 0 Å². The molecule has 0 radical (unpaired) electrons. The minimum Gasteiger partial charge on any atom is -0.135 e. The Morgan fingerprint density at radius 1 is 1.21 bits per heavy atom. The Kier molecular flexibility index (Phi) is 1.89. The molecule has 0 N–H and O–H groups in total. The van der Waals surface area contributed by atoms with Crippen molar-refractivity contribution in [3.05, 3.63) is 58.6 Å². The molecule has 1 fully saturated rings. The number of hydrogen-bond donors (Lipinski definition) is 0. The van der Waals surface area contributed by atoms with Crippen LogP contribution in [0.1, 0.15) is 5.56 Å². The van der Waals surface area contributed by atoms with E-state index in [4.69, 9.17) is 0 Å². The van der Waals surface area contributed by atoms with Crippen molar-refractivity contribution in [2.45, 2.75) is 10.00 Å². The highest BCUT2D eigenvalue weighted by Gasteiger charge is 2.54. The van der Waals surface area contributed by atoms with E-state index in [0.717, 1.165) is 0 Å². The normalized spacial score (nSPS) is 33.5. The van der Waals surface area contributed by atoms with Gasteiger partial charge in [-0.15, -0.1) is 11.8 Å². The Bertz CT molecular complexity index is 421. The van der Waals surface area contributed by atoms with E-state index in [0.29, 0.717) is 5.25 Å². The summed E-state index contributed by atoms with van der Waals surface area (Å²) in [5.41, 5.74) is 1.42. The van der Waals surface area contributed by atoms with Crippen molar-refractivity contribution in [1.29, 1.82) is 0 Å². The monoisotopic (exact) mass is 264 g/mol. The molecule has 14 heavy (non-hydrogen) atoms. The van der Waals surface area contributed by atoms with Gasteiger partial charge in [-0.3, -0.25) is 0 Å². The first kappa shape index (κ1) is 8.81. The van der Waals surface area contributed by atoms with Crippen LogP contribution >= 0.6 is 27.7 Å². The van der Waals surface area contributed by atoms with E-state index in [2.05, 4.69) is 64.5 Å². The second-order valence-electron chi connectivity index (χ2n) is 3.58. The number of thioether (sulfide) groups is 1. The van der Waals surface area contributed by atoms with E-state index >= 15 is 0 Å². The predicted octanol–water partition coefficient (Wildman–Crippen LogP) is 3.85. The number of benzene rings is 1. The van der Waals surface area contributed by atoms with Crippen molar-refractivity contribution in [2.75, 3.05) is 0 Å². The molecule has 2 heteroatoms. The largest absolute Gasteiger partial charge is 0.135 e. The van der Waals surface area contributed by atoms with Crippen molar-refractivity contribution in [3.63, 3.8) is 0 Å². The molecular formula is C12H9BrS. The molecule has 1 saturated heterocycles. The molecule has 0 bridgehead atoms. The van der Waals surface area contributed by atoms with Gasteiger partial charge in [-0.1, -0.05) is 64.5 Å². The van der Waals surface area contributed by atoms with E-state index in [1.165, 1.54) is 10.0 Å². The molecule has 0 amide bonds. The van der Waals surface area contributed by atoms with Crippen LogP contribution in [0.2, 0.25) is 0 Å². The lowest BCUT2D eigenvalue weighted by atomic mass is 9.93. The van der Waals surface area contributed by atoms with Crippen LogP contribution in [0.5, 0.6) is 0 Å². The van der Waals surface area contributed by atoms with Crippen LogP contribution in [-0.4, -0.2) is 5.25 Å². The molecule has 2 aliphatic rings. The first-order valence-electron chi connectivity index (χ1n) is 4.61. The van der Waals surface area contributed by atoms with Gasteiger partial charge in [0, 0.05) is 9.73 Å². The maximum atomic E-state index is 3.51. The molecule has 0 saturated carbocycles. The Labute approximate surface area is 96.2 Å². The zero-order valence-electron chi connectivity index (χ0n) is 7.48. The van der Waals surface area contributed by atoms with Crippen LogP contribution in [0.3, 0.4) is 0 Å². The van der Waals surface area contributed by atoms with Gasteiger partial charge in [0.15, 0.2) is 0 Å². The van der Waals surface area contributed by atoms with E-state index in [9.17, 15) is 0 Å². The lowest BCUT2D eigenvalue weighted by Crippen LogP contribution is -2.09. The molecule has 0 spiro atoms. The maximum absolute atomic E-state index is 3.51.